The van der Waals surface area contributed by atoms with Gasteiger partial charge in [0, 0.05) is 19.7 Å². The van der Waals surface area contributed by atoms with E-state index in [2.05, 4.69) is 4.98 Å². The maximum atomic E-state index is 13.0. The molecule has 0 unspecified atom stereocenters. The standard InChI is InChI=1S/C18H14F3N3O3S/c1-10-4-3-5-11(6-10)9-23(2)17-22-16(25)13-7-12(18(19,20)21)8-14(24(26)27)15(13)28-17/h3-8H,9H2,1-2H3. The minimum Gasteiger partial charge on any atom is -0.347 e. The Morgan fingerprint density at radius 1 is 1.25 bits per heavy atom. The summed E-state index contributed by atoms with van der Waals surface area (Å²) in [5.74, 6) is 0. The van der Waals surface area contributed by atoms with Crippen molar-refractivity contribution in [1.82, 2.24) is 4.98 Å². The van der Waals surface area contributed by atoms with Crippen molar-refractivity contribution < 1.29 is 18.1 Å². The van der Waals surface area contributed by atoms with Crippen LogP contribution in [0.5, 0.6) is 0 Å². The Hall–Kier alpha value is -3.01. The third kappa shape index (κ3) is 3.96. The molecule has 1 aromatic heterocycles. The van der Waals surface area contributed by atoms with Crippen LogP contribution < -0.4 is 10.5 Å². The van der Waals surface area contributed by atoms with Gasteiger partial charge in [0.1, 0.15) is 4.70 Å². The molecule has 2 aromatic carbocycles. The fourth-order valence-corrected chi connectivity index (χ4v) is 3.78. The lowest BCUT2D eigenvalue weighted by atomic mass is 10.1. The van der Waals surface area contributed by atoms with Crippen molar-refractivity contribution in [3.05, 3.63) is 73.6 Å². The van der Waals surface area contributed by atoms with Crippen LogP contribution in [0.2, 0.25) is 0 Å². The molecule has 0 bridgehead atoms. The number of halogens is 3. The molecule has 0 aliphatic heterocycles. The van der Waals surface area contributed by atoms with E-state index in [9.17, 15) is 28.1 Å². The highest BCUT2D eigenvalue weighted by atomic mass is 32.1. The van der Waals surface area contributed by atoms with Crippen molar-refractivity contribution in [1.29, 1.82) is 0 Å². The number of nitro groups is 1. The first-order valence-electron chi connectivity index (χ1n) is 8.03. The van der Waals surface area contributed by atoms with Crippen LogP contribution in [0, 0.1) is 17.0 Å². The van der Waals surface area contributed by atoms with Gasteiger partial charge in [0.2, 0.25) is 0 Å². The summed E-state index contributed by atoms with van der Waals surface area (Å²) in [7, 11) is 1.66. The smallest absolute Gasteiger partial charge is 0.347 e. The number of hydrogen-bond acceptors (Lipinski definition) is 6. The maximum Gasteiger partial charge on any atom is 0.416 e. The Morgan fingerprint density at radius 2 is 1.96 bits per heavy atom. The zero-order valence-electron chi connectivity index (χ0n) is 14.8. The molecule has 0 atom stereocenters. The van der Waals surface area contributed by atoms with Crippen LogP contribution in [-0.4, -0.2) is 17.0 Å². The van der Waals surface area contributed by atoms with E-state index in [1.54, 1.807) is 11.9 Å². The molecule has 0 aliphatic rings. The highest BCUT2D eigenvalue weighted by Gasteiger charge is 2.34. The molecule has 0 amide bonds. The summed E-state index contributed by atoms with van der Waals surface area (Å²) in [5.41, 5.74) is -0.973. The van der Waals surface area contributed by atoms with E-state index >= 15 is 0 Å². The molecule has 6 nitrogen and oxygen atoms in total. The van der Waals surface area contributed by atoms with E-state index in [4.69, 9.17) is 0 Å². The highest BCUT2D eigenvalue weighted by Crippen LogP contribution is 2.38. The number of nitrogens with zero attached hydrogens (tertiary/aromatic N) is 3. The summed E-state index contributed by atoms with van der Waals surface area (Å²) in [6.45, 7) is 2.31. The fraction of sp³-hybridized carbons (Fsp3) is 0.222. The summed E-state index contributed by atoms with van der Waals surface area (Å²) in [5, 5.41) is 11.1. The van der Waals surface area contributed by atoms with Gasteiger partial charge in [0.15, 0.2) is 5.13 Å². The van der Waals surface area contributed by atoms with E-state index < -0.39 is 33.3 Å². The Bertz CT molecular complexity index is 1130. The number of nitro benzene ring substituents is 1. The van der Waals surface area contributed by atoms with Crippen LogP contribution in [-0.2, 0) is 12.7 Å². The number of rotatable bonds is 4. The van der Waals surface area contributed by atoms with Crippen LogP contribution in [0.4, 0.5) is 24.0 Å². The molecule has 0 N–H and O–H groups in total. The van der Waals surface area contributed by atoms with Crippen molar-refractivity contribution in [3.8, 4) is 0 Å². The molecule has 28 heavy (non-hydrogen) atoms. The van der Waals surface area contributed by atoms with E-state index in [0.717, 1.165) is 22.5 Å². The van der Waals surface area contributed by atoms with Crippen molar-refractivity contribution >= 4 is 32.2 Å². The van der Waals surface area contributed by atoms with Gasteiger partial charge in [0.25, 0.3) is 11.2 Å². The molecule has 0 radical (unpaired) electrons. The van der Waals surface area contributed by atoms with E-state index in [0.29, 0.717) is 18.7 Å². The van der Waals surface area contributed by atoms with Crippen LogP contribution in [0.1, 0.15) is 16.7 Å². The monoisotopic (exact) mass is 409 g/mol. The van der Waals surface area contributed by atoms with Crippen molar-refractivity contribution in [2.24, 2.45) is 0 Å². The third-order valence-corrected chi connectivity index (χ3v) is 5.26. The normalized spacial score (nSPS) is 11.6. The van der Waals surface area contributed by atoms with Gasteiger partial charge < -0.3 is 4.90 Å². The average molecular weight is 409 g/mol. The highest BCUT2D eigenvalue weighted by molar-refractivity contribution is 7.22. The van der Waals surface area contributed by atoms with Crippen LogP contribution in [0.15, 0.2) is 41.2 Å². The minimum atomic E-state index is -4.81. The number of anilines is 1. The topological polar surface area (TPSA) is 76.3 Å². The average Bonchev–Trinajstić information content (AvgIpc) is 2.59. The molecular weight excluding hydrogens is 395 g/mol. The molecule has 3 aromatic rings. The van der Waals surface area contributed by atoms with Gasteiger partial charge in [-0.25, -0.2) is 0 Å². The molecule has 146 valence electrons. The fourth-order valence-electron chi connectivity index (χ4n) is 2.76. The lowest BCUT2D eigenvalue weighted by molar-refractivity contribution is -0.383. The summed E-state index contributed by atoms with van der Waals surface area (Å²) in [4.78, 5) is 28.2. The van der Waals surface area contributed by atoms with Gasteiger partial charge in [-0.2, -0.15) is 18.2 Å². The van der Waals surface area contributed by atoms with Gasteiger partial charge in [-0.1, -0.05) is 41.2 Å². The zero-order valence-corrected chi connectivity index (χ0v) is 15.6. The van der Waals surface area contributed by atoms with Crippen LogP contribution in [0.25, 0.3) is 10.1 Å². The van der Waals surface area contributed by atoms with Crippen molar-refractivity contribution in [2.45, 2.75) is 19.6 Å². The first-order valence-corrected chi connectivity index (χ1v) is 8.85. The summed E-state index contributed by atoms with van der Waals surface area (Å²) in [6, 6.07) is 8.68. The first-order chi connectivity index (χ1) is 13.1. The lowest BCUT2D eigenvalue weighted by Gasteiger charge is -2.18. The Morgan fingerprint density at radius 3 is 2.57 bits per heavy atom. The summed E-state index contributed by atoms with van der Waals surface area (Å²) >= 11 is 0.813. The van der Waals surface area contributed by atoms with Gasteiger partial charge in [-0.15, -0.1) is 0 Å². The molecule has 0 spiro atoms. The molecule has 0 fully saturated rings. The second kappa shape index (κ2) is 7.19. The molecule has 0 aliphatic carbocycles. The Balaban J connectivity index is 2.12. The van der Waals surface area contributed by atoms with Crippen molar-refractivity contribution in [2.75, 3.05) is 11.9 Å². The molecule has 1 heterocycles. The van der Waals surface area contributed by atoms with E-state index in [1.807, 2.05) is 31.2 Å². The predicted molar refractivity (Wildman–Crippen MR) is 101 cm³/mol. The first kappa shape index (κ1) is 19.7. The summed E-state index contributed by atoms with van der Waals surface area (Å²) in [6.07, 6.45) is -4.81. The number of aromatic nitrogens is 1. The maximum absolute atomic E-state index is 13.0. The Kier molecular flexibility index (Phi) is 5.07. The zero-order chi connectivity index (χ0) is 20.6. The molecule has 3 rings (SSSR count). The van der Waals surface area contributed by atoms with E-state index in [-0.39, 0.29) is 9.83 Å². The summed E-state index contributed by atoms with van der Waals surface area (Å²) < 4.78 is 38.9. The number of alkyl halides is 3. The predicted octanol–water partition coefficient (Wildman–Crippen LogP) is 4.53. The number of aryl methyl sites for hydroxylation is 1. The Labute approximate surface area is 161 Å². The molecule has 0 saturated heterocycles. The number of hydrogen-bond donors (Lipinski definition) is 0. The van der Waals surface area contributed by atoms with Gasteiger partial charge >= 0.3 is 6.18 Å². The SMILES string of the molecule is Cc1cccc(CN(C)c2nc(=O)c3cc(C(F)(F)F)cc([N+](=O)[O-])c3s2)c1. The van der Waals surface area contributed by atoms with Gasteiger partial charge in [0.05, 0.1) is 15.9 Å². The number of fused-ring (bicyclic) bond motifs is 1. The quantitative estimate of drug-likeness (QED) is 0.468. The minimum absolute atomic E-state index is 0.135. The van der Waals surface area contributed by atoms with Crippen LogP contribution in [0.3, 0.4) is 0 Å². The molecule has 0 saturated carbocycles. The number of benzene rings is 2. The second-order valence-corrected chi connectivity index (χ2v) is 7.25. The van der Waals surface area contributed by atoms with Gasteiger partial charge in [-0.05, 0) is 18.6 Å². The van der Waals surface area contributed by atoms with Gasteiger partial charge in [-0.3, -0.25) is 14.9 Å². The van der Waals surface area contributed by atoms with Crippen molar-refractivity contribution in [3.63, 3.8) is 0 Å². The number of non-ortho nitro benzene ring substituents is 1. The second-order valence-electron chi connectivity index (χ2n) is 6.27. The molecule has 10 heteroatoms. The lowest BCUT2D eigenvalue weighted by Crippen LogP contribution is -2.20. The van der Waals surface area contributed by atoms with E-state index in [1.165, 1.54) is 0 Å². The largest absolute Gasteiger partial charge is 0.416 e. The third-order valence-electron chi connectivity index (χ3n) is 4.04. The van der Waals surface area contributed by atoms with Crippen LogP contribution >= 0.6 is 11.3 Å². The molecular formula is C18H14F3N3O3S.